The highest BCUT2D eigenvalue weighted by atomic mass is 16.5. The molecule has 1 unspecified atom stereocenters. The molecule has 2 heterocycles. The number of carbonyl (C=O) groups excluding carboxylic acids is 1. The van der Waals surface area contributed by atoms with Crippen LogP contribution >= 0.6 is 0 Å². The number of ether oxygens (including phenoxy) is 2. The number of terminal acetylenes is 1. The van der Waals surface area contributed by atoms with E-state index >= 15 is 0 Å². The summed E-state index contributed by atoms with van der Waals surface area (Å²) >= 11 is 0. The van der Waals surface area contributed by atoms with Crippen molar-refractivity contribution in [1.29, 1.82) is 5.26 Å². The van der Waals surface area contributed by atoms with Crippen LogP contribution in [0.2, 0.25) is 0 Å². The fraction of sp³-hybridized carbons (Fsp3) is 0.310. The minimum absolute atomic E-state index is 0.120. The second-order valence-corrected chi connectivity index (χ2v) is 8.71. The van der Waals surface area contributed by atoms with E-state index in [-0.39, 0.29) is 12.0 Å². The van der Waals surface area contributed by atoms with E-state index < -0.39 is 0 Å². The molecule has 1 saturated heterocycles. The molecular weight excluding hydrogens is 480 g/mol. The van der Waals surface area contributed by atoms with Gasteiger partial charge >= 0.3 is 0 Å². The van der Waals surface area contributed by atoms with Crippen molar-refractivity contribution in [2.24, 2.45) is 0 Å². The van der Waals surface area contributed by atoms with Gasteiger partial charge in [0, 0.05) is 36.1 Å². The van der Waals surface area contributed by atoms with Crippen molar-refractivity contribution in [3.8, 4) is 24.2 Å². The first-order chi connectivity index (χ1) is 18.5. The first-order valence-electron chi connectivity index (χ1n) is 12.5. The lowest BCUT2D eigenvalue weighted by atomic mass is 10.1. The summed E-state index contributed by atoms with van der Waals surface area (Å²) in [5.74, 6) is 3.26. The maximum absolute atomic E-state index is 12.8. The smallest absolute Gasteiger partial charge is 0.248 e. The summed E-state index contributed by atoms with van der Waals surface area (Å²) in [7, 11) is 0. The van der Waals surface area contributed by atoms with Crippen molar-refractivity contribution < 1.29 is 14.3 Å². The molecule has 2 aromatic carbocycles. The zero-order valence-electron chi connectivity index (χ0n) is 21.5. The number of aromatic nitrogens is 2. The van der Waals surface area contributed by atoms with Crippen LogP contribution < -0.4 is 15.4 Å². The number of hydrogen-bond donors (Lipinski definition) is 2. The Bertz CT molecular complexity index is 1410. The Morgan fingerprint density at radius 1 is 1.26 bits per heavy atom. The molecule has 3 aromatic rings. The molecular formula is C29H30N6O3. The van der Waals surface area contributed by atoms with Gasteiger partial charge in [0.15, 0.2) is 0 Å². The average molecular weight is 511 g/mol. The van der Waals surface area contributed by atoms with Crippen molar-refractivity contribution in [2.45, 2.75) is 26.4 Å². The molecule has 4 rings (SSSR count). The predicted octanol–water partition coefficient (Wildman–Crippen LogP) is 4.23. The lowest BCUT2D eigenvalue weighted by Gasteiger charge is -2.18. The normalized spacial score (nSPS) is 14.9. The van der Waals surface area contributed by atoms with E-state index in [1.807, 2.05) is 6.08 Å². The van der Waals surface area contributed by atoms with Crippen molar-refractivity contribution in [2.75, 3.05) is 43.5 Å². The van der Waals surface area contributed by atoms with E-state index in [0.717, 1.165) is 19.5 Å². The molecule has 1 aliphatic rings. The van der Waals surface area contributed by atoms with Gasteiger partial charge in [-0.15, -0.1) is 6.42 Å². The molecule has 1 aromatic heterocycles. The van der Waals surface area contributed by atoms with Gasteiger partial charge in [0.25, 0.3) is 0 Å². The van der Waals surface area contributed by atoms with E-state index in [4.69, 9.17) is 15.9 Å². The number of carbonyl (C=O) groups is 1. The quantitative estimate of drug-likeness (QED) is 0.308. The predicted molar refractivity (Wildman–Crippen MR) is 147 cm³/mol. The Hall–Kier alpha value is -4.44. The summed E-state index contributed by atoms with van der Waals surface area (Å²) < 4.78 is 11.7. The summed E-state index contributed by atoms with van der Waals surface area (Å²) in [6, 6.07) is 10.8. The van der Waals surface area contributed by atoms with E-state index in [1.165, 1.54) is 12.4 Å². The van der Waals surface area contributed by atoms with Crippen LogP contribution in [0.25, 0.3) is 10.9 Å². The monoisotopic (exact) mass is 510 g/mol. The Labute approximate surface area is 222 Å². The summed E-state index contributed by atoms with van der Waals surface area (Å²) in [5.41, 5.74) is 2.67. The van der Waals surface area contributed by atoms with Crippen LogP contribution in [-0.4, -0.2) is 59.7 Å². The Balaban J connectivity index is 1.69. The van der Waals surface area contributed by atoms with E-state index in [9.17, 15) is 10.1 Å². The Kier molecular flexibility index (Phi) is 8.89. The minimum atomic E-state index is -0.274. The molecule has 0 spiro atoms. The molecule has 2 N–H and O–H groups in total. The molecule has 0 saturated carbocycles. The molecule has 38 heavy (non-hydrogen) atoms. The van der Waals surface area contributed by atoms with E-state index in [0.29, 0.717) is 64.7 Å². The highest BCUT2D eigenvalue weighted by molar-refractivity contribution is 6.03. The summed E-state index contributed by atoms with van der Waals surface area (Å²) in [4.78, 5) is 23.8. The molecule has 1 fully saturated rings. The van der Waals surface area contributed by atoms with Crippen LogP contribution in [0.3, 0.4) is 0 Å². The zero-order valence-corrected chi connectivity index (χ0v) is 21.5. The molecule has 9 heteroatoms. The third-order valence-corrected chi connectivity index (χ3v) is 6.26. The second kappa shape index (κ2) is 12.7. The lowest BCUT2D eigenvalue weighted by molar-refractivity contribution is -0.111. The SMILES string of the molecule is C#Cc1ccc(C#N)c(Nc2ncnc3cc(OC4CCOC4)c(NC(=O)/C=C/CN(CC)CC)cc23)c1. The number of amides is 1. The van der Waals surface area contributed by atoms with Crippen molar-refractivity contribution in [3.63, 3.8) is 0 Å². The van der Waals surface area contributed by atoms with Crippen molar-refractivity contribution in [3.05, 3.63) is 59.9 Å². The number of benzene rings is 2. The van der Waals surface area contributed by atoms with Gasteiger partial charge < -0.3 is 25.0 Å². The van der Waals surface area contributed by atoms with Crippen LogP contribution in [0.1, 0.15) is 31.4 Å². The van der Waals surface area contributed by atoms with Gasteiger partial charge in [-0.3, -0.25) is 4.79 Å². The van der Waals surface area contributed by atoms with Gasteiger partial charge in [-0.05, 0) is 37.4 Å². The third kappa shape index (κ3) is 6.46. The van der Waals surface area contributed by atoms with Crippen molar-refractivity contribution >= 4 is 34.0 Å². The van der Waals surface area contributed by atoms with Crippen LogP contribution in [0, 0.1) is 23.7 Å². The Morgan fingerprint density at radius 3 is 2.82 bits per heavy atom. The zero-order chi connectivity index (χ0) is 26.9. The maximum Gasteiger partial charge on any atom is 0.248 e. The summed E-state index contributed by atoms with van der Waals surface area (Å²) in [5, 5.41) is 16.4. The average Bonchev–Trinajstić information content (AvgIpc) is 3.45. The number of hydrogen-bond acceptors (Lipinski definition) is 8. The van der Waals surface area contributed by atoms with Crippen LogP contribution in [-0.2, 0) is 9.53 Å². The lowest BCUT2D eigenvalue weighted by Crippen LogP contribution is -2.23. The minimum Gasteiger partial charge on any atom is -0.486 e. The fourth-order valence-corrected chi connectivity index (χ4v) is 4.09. The van der Waals surface area contributed by atoms with Crippen LogP contribution in [0.15, 0.2) is 48.8 Å². The molecule has 0 radical (unpaired) electrons. The first-order valence-corrected chi connectivity index (χ1v) is 12.5. The molecule has 9 nitrogen and oxygen atoms in total. The number of likely N-dealkylation sites (N-methyl/N-ethyl adjacent to an activating group) is 1. The summed E-state index contributed by atoms with van der Waals surface area (Å²) in [6.07, 6.45) is 11.0. The first kappa shape index (κ1) is 26.6. The molecule has 0 bridgehead atoms. The van der Waals surface area contributed by atoms with Gasteiger partial charge in [-0.2, -0.15) is 5.26 Å². The van der Waals surface area contributed by atoms with Gasteiger partial charge in [0.2, 0.25) is 5.91 Å². The van der Waals surface area contributed by atoms with E-state index in [1.54, 1.807) is 30.3 Å². The molecule has 0 aliphatic carbocycles. The molecule has 194 valence electrons. The fourth-order valence-electron chi connectivity index (χ4n) is 4.09. The number of fused-ring (bicyclic) bond motifs is 1. The van der Waals surface area contributed by atoms with Crippen LogP contribution in [0.5, 0.6) is 5.75 Å². The number of nitriles is 1. The topological polar surface area (TPSA) is 112 Å². The number of nitrogens with one attached hydrogen (secondary N) is 2. The molecule has 1 aliphatic heterocycles. The number of nitrogens with zero attached hydrogens (tertiary/aromatic N) is 4. The van der Waals surface area contributed by atoms with Gasteiger partial charge in [-0.25, -0.2) is 9.97 Å². The van der Waals surface area contributed by atoms with Gasteiger partial charge in [0.1, 0.15) is 30.1 Å². The highest BCUT2D eigenvalue weighted by Crippen LogP contribution is 2.35. The highest BCUT2D eigenvalue weighted by Gasteiger charge is 2.21. The molecule has 1 amide bonds. The summed E-state index contributed by atoms with van der Waals surface area (Å²) in [6.45, 7) is 7.76. The number of anilines is 3. The van der Waals surface area contributed by atoms with E-state index in [2.05, 4.69) is 51.3 Å². The third-order valence-electron chi connectivity index (χ3n) is 6.26. The standard InChI is InChI=1S/C29H30N6O3/c1-4-20-9-10-21(17-30)24(14-20)34-29-23-15-26(33-28(36)8-7-12-35(5-2)6-3)27(16-25(23)31-19-32-29)38-22-11-13-37-18-22/h1,7-10,14-16,19,22H,5-6,11-13,18H2,2-3H3,(H,33,36)(H,31,32,34)/b8-7+. The van der Waals surface area contributed by atoms with Crippen molar-refractivity contribution in [1.82, 2.24) is 14.9 Å². The Morgan fingerprint density at radius 2 is 2.11 bits per heavy atom. The van der Waals surface area contributed by atoms with Gasteiger partial charge in [-0.1, -0.05) is 25.8 Å². The second-order valence-electron chi connectivity index (χ2n) is 8.71. The largest absolute Gasteiger partial charge is 0.486 e. The maximum atomic E-state index is 12.8. The number of rotatable bonds is 10. The van der Waals surface area contributed by atoms with Crippen LogP contribution in [0.4, 0.5) is 17.2 Å². The molecule has 1 atom stereocenters. The van der Waals surface area contributed by atoms with Gasteiger partial charge in [0.05, 0.1) is 35.7 Å².